The van der Waals surface area contributed by atoms with Gasteiger partial charge in [-0.15, -0.1) is 0 Å². The average Bonchev–Trinajstić information content (AvgIpc) is 2.45. The zero-order chi connectivity index (χ0) is 15.8. The highest BCUT2D eigenvalue weighted by molar-refractivity contribution is 5.72. The van der Waals surface area contributed by atoms with Crippen molar-refractivity contribution in [2.24, 2.45) is 17.8 Å². The van der Waals surface area contributed by atoms with Gasteiger partial charge in [-0.3, -0.25) is 4.79 Å². The van der Waals surface area contributed by atoms with Gasteiger partial charge in [0.05, 0.1) is 5.92 Å². The quantitative estimate of drug-likeness (QED) is 0.462. The van der Waals surface area contributed by atoms with Gasteiger partial charge in [0.15, 0.2) is 0 Å². The fraction of sp³-hybridized carbons (Fsp3) is 0.800. The lowest BCUT2D eigenvalue weighted by Crippen LogP contribution is -2.35. The Bertz CT molecular complexity index is 361. The molecular weight excluding hydrogens is 274 g/mol. The first-order valence-electron chi connectivity index (χ1n) is 7.52. The van der Waals surface area contributed by atoms with E-state index in [4.69, 9.17) is 9.47 Å². The first-order chi connectivity index (χ1) is 9.92. The molecule has 0 radical (unpaired) electrons. The van der Waals surface area contributed by atoms with Gasteiger partial charge < -0.3 is 19.6 Å². The average molecular weight is 299 g/mol. The third-order valence-corrected chi connectivity index (χ3v) is 3.65. The monoisotopic (exact) mass is 299 g/mol. The Morgan fingerprint density at radius 3 is 2.29 bits per heavy atom. The number of nitrogens with one attached hydrogen (secondary N) is 1. The van der Waals surface area contributed by atoms with E-state index in [1.54, 1.807) is 13.8 Å². The molecule has 1 fully saturated rings. The van der Waals surface area contributed by atoms with Crippen molar-refractivity contribution in [3.05, 3.63) is 0 Å². The molecule has 21 heavy (non-hydrogen) atoms. The van der Waals surface area contributed by atoms with Crippen LogP contribution in [0.2, 0.25) is 0 Å². The maximum absolute atomic E-state index is 11.6. The molecule has 6 heteroatoms. The highest BCUT2D eigenvalue weighted by atomic mass is 16.7. The second-order valence-electron chi connectivity index (χ2n) is 5.86. The molecule has 6 nitrogen and oxygen atoms in total. The molecule has 0 spiro atoms. The molecule has 0 bridgehead atoms. The maximum Gasteiger partial charge on any atom is 0.410 e. The minimum Gasteiger partial charge on any atom is -0.425 e. The summed E-state index contributed by atoms with van der Waals surface area (Å²) in [5.41, 5.74) is 0. The van der Waals surface area contributed by atoms with Crippen LogP contribution in [0.1, 0.15) is 46.5 Å². The molecule has 0 aromatic heterocycles. The van der Waals surface area contributed by atoms with E-state index < -0.39 is 18.4 Å². The molecule has 1 N–H and O–H groups in total. The second kappa shape index (κ2) is 8.64. The number of esters is 1. The molecule has 1 aliphatic rings. The number of aldehydes is 1. The van der Waals surface area contributed by atoms with Gasteiger partial charge in [0.1, 0.15) is 6.29 Å². The Kier molecular flexibility index (Phi) is 7.19. The molecule has 0 saturated heterocycles. The van der Waals surface area contributed by atoms with Gasteiger partial charge in [-0.25, -0.2) is 4.79 Å². The van der Waals surface area contributed by atoms with Crippen LogP contribution in [-0.4, -0.2) is 31.2 Å². The summed E-state index contributed by atoms with van der Waals surface area (Å²) < 4.78 is 9.90. The number of carbonyl (C=O) groups is 3. The second-order valence-corrected chi connectivity index (χ2v) is 5.86. The molecule has 1 aliphatic carbocycles. The fourth-order valence-electron chi connectivity index (χ4n) is 2.27. The molecule has 120 valence electrons. The van der Waals surface area contributed by atoms with Crippen molar-refractivity contribution >= 4 is 18.3 Å². The molecular formula is C15H25NO5. The predicted octanol–water partition coefficient (Wildman–Crippen LogP) is 2.26. The van der Waals surface area contributed by atoms with Gasteiger partial charge in [-0.2, -0.15) is 0 Å². The van der Waals surface area contributed by atoms with Crippen molar-refractivity contribution in [3.63, 3.8) is 0 Å². The van der Waals surface area contributed by atoms with Crippen molar-refractivity contribution < 1.29 is 23.9 Å². The number of ether oxygens (including phenoxy) is 2. The van der Waals surface area contributed by atoms with Crippen molar-refractivity contribution in [3.8, 4) is 0 Å². The van der Waals surface area contributed by atoms with Gasteiger partial charge >= 0.3 is 12.1 Å². The van der Waals surface area contributed by atoms with E-state index in [1.807, 2.05) is 0 Å². The number of rotatable bonds is 6. The normalized spacial score (nSPS) is 23.2. The number of amides is 1. The highest BCUT2D eigenvalue weighted by Crippen LogP contribution is 2.26. The van der Waals surface area contributed by atoms with Crippen molar-refractivity contribution in [1.29, 1.82) is 0 Å². The maximum atomic E-state index is 11.6. The topological polar surface area (TPSA) is 81.7 Å². The molecule has 1 atom stereocenters. The zero-order valence-corrected chi connectivity index (χ0v) is 13.0. The summed E-state index contributed by atoms with van der Waals surface area (Å²) in [6.45, 7) is 5.46. The lowest BCUT2D eigenvalue weighted by Gasteiger charge is -2.25. The molecule has 0 aromatic carbocycles. The highest BCUT2D eigenvalue weighted by Gasteiger charge is 2.22. The summed E-state index contributed by atoms with van der Waals surface area (Å²) in [6, 6.07) is 0. The van der Waals surface area contributed by atoms with Crippen LogP contribution in [0.3, 0.4) is 0 Å². The molecule has 0 heterocycles. The Hall–Kier alpha value is -1.59. The molecule has 0 aliphatic heterocycles. The minimum atomic E-state index is -0.898. The summed E-state index contributed by atoms with van der Waals surface area (Å²) in [6.07, 6.45) is 3.16. The van der Waals surface area contributed by atoms with Gasteiger partial charge in [0.25, 0.3) is 0 Å². The molecule has 0 aromatic rings. The van der Waals surface area contributed by atoms with Gasteiger partial charge in [0.2, 0.25) is 6.29 Å². The van der Waals surface area contributed by atoms with Crippen molar-refractivity contribution in [1.82, 2.24) is 5.32 Å². The van der Waals surface area contributed by atoms with Crippen molar-refractivity contribution in [2.45, 2.75) is 52.7 Å². The van der Waals surface area contributed by atoms with Crippen LogP contribution >= 0.6 is 0 Å². The molecule has 1 rings (SSSR count). The van der Waals surface area contributed by atoms with Crippen LogP contribution in [0.25, 0.3) is 0 Å². The minimum absolute atomic E-state index is 0.170. The Labute approximate surface area is 125 Å². The molecule has 1 amide bonds. The first-order valence-corrected chi connectivity index (χ1v) is 7.52. The van der Waals surface area contributed by atoms with Crippen LogP contribution < -0.4 is 5.32 Å². The van der Waals surface area contributed by atoms with Gasteiger partial charge in [0, 0.05) is 19.4 Å². The molecule has 1 unspecified atom stereocenters. The third kappa shape index (κ3) is 6.60. The predicted molar refractivity (Wildman–Crippen MR) is 76.4 cm³/mol. The van der Waals surface area contributed by atoms with Crippen LogP contribution in [0.5, 0.6) is 0 Å². The first kappa shape index (κ1) is 17.5. The van der Waals surface area contributed by atoms with E-state index in [0.29, 0.717) is 12.5 Å². The van der Waals surface area contributed by atoms with Gasteiger partial charge in [-0.1, -0.05) is 13.8 Å². The largest absolute Gasteiger partial charge is 0.425 e. The zero-order valence-electron chi connectivity index (χ0n) is 13.0. The number of hydrogen-bond acceptors (Lipinski definition) is 5. The van der Waals surface area contributed by atoms with Crippen LogP contribution in [0.15, 0.2) is 0 Å². The number of carbonyl (C=O) groups excluding carboxylic acids is 3. The van der Waals surface area contributed by atoms with Crippen LogP contribution in [0.4, 0.5) is 4.79 Å². The Balaban J connectivity index is 2.19. The van der Waals surface area contributed by atoms with Crippen LogP contribution in [0, 0.1) is 17.8 Å². The number of hydrogen-bond donors (Lipinski definition) is 1. The van der Waals surface area contributed by atoms with E-state index >= 15 is 0 Å². The van der Waals surface area contributed by atoms with E-state index in [0.717, 1.165) is 32.0 Å². The van der Waals surface area contributed by atoms with Crippen LogP contribution in [-0.2, 0) is 19.1 Å². The lowest BCUT2D eigenvalue weighted by molar-refractivity contribution is -0.168. The molecule has 1 saturated carbocycles. The summed E-state index contributed by atoms with van der Waals surface area (Å²) in [4.78, 5) is 33.6. The Morgan fingerprint density at radius 1 is 1.14 bits per heavy atom. The summed E-state index contributed by atoms with van der Waals surface area (Å²) in [5, 5.41) is 2.68. The van der Waals surface area contributed by atoms with Crippen molar-refractivity contribution in [2.75, 3.05) is 6.54 Å². The van der Waals surface area contributed by atoms with E-state index in [9.17, 15) is 14.4 Å². The number of alkyl carbamates (subject to hydrolysis) is 1. The lowest BCUT2D eigenvalue weighted by atomic mass is 9.83. The summed E-state index contributed by atoms with van der Waals surface area (Å²) >= 11 is 0. The SMILES string of the molecule is CC(OC(=O)NCC1CCC(C=O)CC1)OC(=O)C(C)C. The standard InChI is InChI=1S/C15H25NO5/c1-10(2)14(18)20-11(3)21-15(19)16-8-12-4-6-13(9-17)7-5-12/h9-13H,4-8H2,1-3H3,(H,16,19). The van der Waals surface area contributed by atoms with E-state index in [1.165, 1.54) is 6.92 Å². The fourth-order valence-corrected chi connectivity index (χ4v) is 2.27. The smallest absolute Gasteiger partial charge is 0.410 e. The van der Waals surface area contributed by atoms with E-state index in [-0.39, 0.29) is 11.8 Å². The Morgan fingerprint density at radius 2 is 1.76 bits per heavy atom. The summed E-state index contributed by atoms with van der Waals surface area (Å²) in [7, 11) is 0. The summed E-state index contributed by atoms with van der Waals surface area (Å²) in [5.74, 6) is -0.111. The third-order valence-electron chi connectivity index (χ3n) is 3.65. The van der Waals surface area contributed by atoms with Gasteiger partial charge in [-0.05, 0) is 31.6 Å². The van der Waals surface area contributed by atoms with E-state index in [2.05, 4.69) is 5.32 Å².